The van der Waals surface area contributed by atoms with Crippen molar-refractivity contribution in [1.29, 1.82) is 0 Å². The predicted molar refractivity (Wildman–Crippen MR) is 75.7 cm³/mol. The van der Waals surface area contributed by atoms with Crippen LogP contribution in [0.1, 0.15) is 72.1 Å². The normalized spacial score (nSPS) is 13.8. The third-order valence-electron chi connectivity index (χ3n) is 3.32. The van der Waals surface area contributed by atoms with Crippen LogP contribution in [0.4, 0.5) is 0 Å². The van der Waals surface area contributed by atoms with Crippen molar-refractivity contribution in [2.45, 2.75) is 72.1 Å². The van der Waals surface area contributed by atoms with Gasteiger partial charge in [-0.25, -0.2) is 0 Å². The standard InChI is InChI=1S/C16H30/c1-5-8-9-10-12-15(4)13-14-16(7-3)11-6-2/h6-7,15H,2,5,8-14H2,1,3-4H3. The molecule has 1 unspecified atom stereocenters. The summed E-state index contributed by atoms with van der Waals surface area (Å²) in [7, 11) is 0. The zero-order valence-electron chi connectivity index (χ0n) is 11.6. The van der Waals surface area contributed by atoms with E-state index in [1.165, 1.54) is 44.9 Å². The van der Waals surface area contributed by atoms with Crippen molar-refractivity contribution < 1.29 is 0 Å². The van der Waals surface area contributed by atoms with E-state index in [-0.39, 0.29) is 0 Å². The zero-order valence-corrected chi connectivity index (χ0v) is 11.6. The van der Waals surface area contributed by atoms with Crippen molar-refractivity contribution in [2.75, 3.05) is 0 Å². The molecule has 0 saturated heterocycles. The molecular weight excluding hydrogens is 192 g/mol. The van der Waals surface area contributed by atoms with E-state index in [1.807, 2.05) is 6.08 Å². The van der Waals surface area contributed by atoms with Gasteiger partial charge in [0.2, 0.25) is 0 Å². The number of allylic oxidation sites excluding steroid dienone is 3. The van der Waals surface area contributed by atoms with Crippen LogP contribution >= 0.6 is 0 Å². The molecule has 0 N–H and O–H groups in total. The second-order valence-corrected chi connectivity index (χ2v) is 4.93. The van der Waals surface area contributed by atoms with E-state index >= 15 is 0 Å². The Kier molecular flexibility index (Phi) is 10.6. The average Bonchev–Trinajstić information content (AvgIpc) is 2.30. The van der Waals surface area contributed by atoms with Crippen LogP contribution in [0.2, 0.25) is 0 Å². The van der Waals surface area contributed by atoms with Gasteiger partial charge in [0.15, 0.2) is 0 Å². The maximum absolute atomic E-state index is 3.80. The third-order valence-corrected chi connectivity index (χ3v) is 3.32. The Morgan fingerprint density at radius 2 is 1.94 bits per heavy atom. The summed E-state index contributed by atoms with van der Waals surface area (Å²) in [5, 5.41) is 0. The molecule has 0 spiro atoms. The topological polar surface area (TPSA) is 0 Å². The minimum absolute atomic E-state index is 0.886. The van der Waals surface area contributed by atoms with Gasteiger partial charge in [-0.1, -0.05) is 63.7 Å². The Bertz CT molecular complexity index is 188. The summed E-state index contributed by atoms with van der Waals surface area (Å²) in [5.74, 6) is 0.886. The molecule has 0 aliphatic heterocycles. The molecule has 1 atom stereocenters. The van der Waals surface area contributed by atoms with Crippen LogP contribution in [-0.2, 0) is 0 Å². The summed E-state index contributed by atoms with van der Waals surface area (Å²) in [5.41, 5.74) is 1.55. The Morgan fingerprint density at radius 1 is 1.19 bits per heavy atom. The first-order valence-corrected chi connectivity index (χ1v) is 6.99. The van der Waals surface area contributed by atoms with E-state index in [9.17, 15) is 0 Å². The maximum atomic E-state index is 3.80. The molecule has 0 aliphatic carbocycles. The van der Waals surface area contributed by atoms with Gasteiger partial charge in [0.25, 0.3) is 0 Å². The van der Waals surface area contributed by atoms with Crippen molar-refractivity contribution >= 4 is 0 Å². The second kappa shape index (κ2) is 11.0. The highest BCUT2D eigenvalue weighted by atomic mass is 14.1. The molecule has 0 nitrogen and oxygen atoms in total. The van der Waals surface area contributed by atoms with Gasteiger partial charge in [-0.2, -0.15) is 0 Å². The molecule has 0 aromatic heterocycles. The van der Waals surface area contributed by atoms with Gasteiger partial charge in [0.05, 0.1) is 0 Å². The van der Waals surface area contributed by atoms with Gasteiger partial charge in [0.1, 0.15) is 0 Å². The summed E-state index contributed by atoms with van der Waals surface area (Å²) in [4.78, 5) is 0. The van der Waals surface area contributed by atoms with Gasteiger partial charge < -0.3 is 0 Å². The van der Waals surface area contributed by atoms with Crippen molar-refractivity contribution in [2.24, 2.45) is 5.92 Å². The molecule has 0 rings (SSSR count). The van der Waals surface area contributed by atoms with Crippen LogP contribution < -0.4 is 0 Å². The molecule has 0 bridgehead atoms. The van der Waals surface area contributed by atoms with E-state index in [4.69, 9.17) is 0 Å². The molecule has 0 amide bonds. The van der Waals surface area contributed by atoms with Crippen LogP contribution in [-0.4, -0.2) is 0 Å². The Morgan fingerprint density at radius 3 is 2.50 bits per heavy atom. The van der Waals surface area contributed by atoms with E-state index in [0.29, 0.717) is 0 Å². The molecule has 0 fully saturated rings. The number of hydrogen-bond acceptors (Lipinski definition) is 0. The highest BCUT2D eigenvalue weighted by Gasteiger charge is 2.03. The average molecular weight is 222 g/mol. The number of rotatable bonds is 10. The third kappa shape index (κ3) is 8.76. The summed E-state index contributed by atoms with van der Waals surface area (Å²) >= 11 is 0. The SMILES string of the molecule is C=CCC(=CC)CCC(C)CCCCCC. The van der Waals surface area contributed by atoms with Crippen molar-refractivity contribution in [3.8, 4) is 0 Å². The van der Waals surface area contributed by atoms with Crippen LogP contribution in [0, 0.1) is 5.92 Å². The van der Waals surface area contributed by atoms with Gasteiger partial charge in [0, 0.05) is 0 Å². The summed E-state index contributed by atoms with van der Waals surface area (Å²) < 4.78 is 0. The fourth-order valence-corrected chi connectivity index (χ4v) is 2.05. The first-order valence-electron chi connectivity index (χ1n) is 6.99. The monoisotopic (exact) mass is 222 g/mol. The van der Waals surface area contributed by atoms with Crippen LogP contribution in [0.3, 0.4) is 0 Å². The Labute approximate surface area is 103 Å². The molecule has 0 heteroatoms. The second-order valence-electron chi connectivity index (χ2n) is 4.93. The van der Waals surface area contributed by atoms with E-state index in [1.54, 1.807) is 5.57 Å². The smallest absolute Gasteiger partial charge is 0.0142 e. The minimum Gasteiger partial charge on any atom is -0.103 e. The van der Waals surface area contributed by atoms with Gasteiger partial charge in [-0.05, 0) is 32.1 Å². The lowest BCUT2D eigenvalue weighted by molar-refractivity contribution is 0.458. The summed E-state index contributed by atoms with van der Waals surface area (Å²) in [6.45, 7) is 10.6. The lowest BCUT2D eigenvalue weighted by atomic mass is 9.94. The lowest BCUT2D eigenvalue weighted by Crippen LogP contribution is -1.96. The van der Waals surface area contributed by atoms with E-state index < -0.39 is 0 Å². The van der Waals surface area contributed by atoms with Crippen LogP contribution in [0.15, 0.2) is 24.3 Å². The predicted octanol–water partition coefficient (Wildman–Crippen LogP) is 5.90. The lowest BCUT2D eigenvalue weighted by Gasteiger charge is -2.12. The molecule has 0 saturated carbocycles. The summed E-state index contributed by atoms with van der Waals surface area (Å²) in [6.07, 6.45) is 14.9. The molecule has 0 aromatic carbocycles. The van der Waals surface area contributed by atoms with Crippen molar-refractivity contribution in [3.63, 3.8) is 0 Å². The van der Waals surface area contributed by atoms with Crippen molar-refractivity contribution in [3.05, 3.63) is 24.3 Å². The van der Waals surface area contributed by atoms with Crippen molar-refractivity contribution in [1.82, 2.24) is 0 Å². The molecule has 0 heterocycles. The highest BCUT2D eigenvalue weighted by molar-refractivity contribution is 5.04. The molecule has 0 aromatic rings. The molecular formula is C16H30. The first-order chi connectivity index (χ1) is 7.74. The van der Waals surface area contributed by atoms with Gasteiger partial charge in [-0.15, -0.1) is 6.58 Å². The first kappa shape index (κ1) is 15.5. The largest absolute Gasteiger partial charge is 0.103 e. The van der Waals surface area contributed by atoms with Gasteiger partial charge in [-0.3, -0.25) is 0 Å². The van der Waals surface area contributed by atoms with Crippen LogP contribution in [0.25, 0.3) is 0 Å². The minimum atomic E-state index is 0.886. The molecule has 0 aliphatic rings. The summed E-state index contributed by atoms with van der Waals surface area (Å²) in [6, 6.07) is 0. The quantitative estimate of drug-likeness (QED) is 0.319. The van der Waals surface area contributed by atoms with E-state index in [0.717, 1.165) is 12.3 Å². The molecule has 94 valence electrons. The maximum Gasteiger partial charge on any atom is -0.0142 e. The van der Waals surface area contributed by atoms with Gasteiger partial charge >= 0.3 is 0 Å². The molecule has 16 heavy (non-hydrogen) atoms. The number of hydrogen-bond donors (Lipinski definition) is 0. The highest BCUT2D eigenvalue weighted by Crippen LogP contribution is 2.19. The molecule has 0 radical (unpaired) electrons. The fourth-order valence-electron chi connectivity index (χ4n) is 2.05. The zero-order chi connectivity index (χ0) is 12.2. The Hall–Kier alpha value is -0.520. The fraction of sp³-hybridized carbons (Fsp3) is 0.750. The Balaban J connectivity index is 3.55. The van der Waals surface area contributed by atoms with E-state index in [2.05, 4.69) is 33.4 Å². The number of unbranched alkanes of at least 4 members (excludes halogenated alkanes) is 3. The van der Waals surface area contributed by atoms with Crippen LogP contribution in [0.5, 0.6) is 0 Å².